The van der Waals surface area contributed by atoms with Crippen molar-refractivity contribution >= 4 is 11.6 Å². The van der Waals surface area contributed by atoms with Gasteiger partial charge in [-0.05, 0) is 13.0 Å². The maximum absolute atomic E-state index is 13.4. The monoisotopic (exact) mass is 282 g/mol. The highest BCUT2D eigenvalue weighted by Gasteiger charge is 2.33. The zero-order valence-electron chi connectivity index (χ0n) is 9.89. The van der Waals surface area contributed by atoms with E-state index in [1.165, 1.54) is 6.92 Å². The standard InChI is InChI=1S/C11H11F5N2O/c1-2-18(5-11(14,15)16)10(19)6-3-9(17)8(13)4-7(6)12/h3-4H,2,5,17H2,1H3. The lowest BCUT2D eigenvalue weighted by atomic mass is 10.1. The number of nitrogens with two attached hydrogens (primary N) is 1. The number of hydrogen-bond acceptors (Lipinski definition) is 2. The molecular weight excluding hydrogens is 271 g/mol. The van der Waals surface area contributed by atoms with E-state index in [9.17, 15) is 26.7 Å². The zero-order chi connectivity index (χ0) is 14.8. The molecule has 0 spiro atoms. The highest BCUT2D eigenvalue weighted by Crippen LogP contribution is 2.21. The van der Waals surface area contributed by atoms with Gasteiger partial charge in [0.05, 0.1) is 11.3 Å². The van der Waals surface area contributed by atoms with Crippen LogP contribution < -0.4 is 5.73 Å². The number of anilines is 1. The summed E-state index contributed by atoms with van der Waals surface area (Å²) >= 11 is 0. The largest absolute Gasteiger partial charge is 0.406 e. The summed E-state index contributed by atoms with van der Waals surface area (Å²) in [7, 11) is 0. The first-order valence-corrected chi connectivity index (χ1v) is 5.26. The first-order chi connectivity index (χ1) is 8.65. The highest BCUT2D eigenvalue weighted by molar-refractivity contribution is 5.95. The Morgan fingerprint density at radius 2 is 1.84 bits per heavy atom. The molecule has 0 heterocycles. The van der Waals surface area contributed by atoms with Gasteiger partial charge in [-0.15, -0.1) is 0 Å². The van der Waals surface area contributed by atoms with Gasteiger partial charge in [0.25, 0.3) is 5.91 Å². The van der Waals surface area contributed by atoms with Crippen LogP contribution in [0.2, 0.25) is 0 Å². The molecule has 19 heavy (non-hydrogen) atoms. The molecule has 1 amide bonds. The third kappa shape index (κ3) is 3.80. The lowest BCUT2D eigenvalue weighted by molar-refractivity contribution is -0.140. The van der Waals surface area contributed by atoms with Crippen molar-refractivity contribution in [1.82, 2.24) is 4.90 Å². The van der Waals surface area contributed by atoms with Gasteiger partial charge in [-0.3, -0.25) is 4.79 Å². The van der Waals surface area contributed by atoms with E-state index in [1.807, 2.05) is 0 Å². The molecule has 1 rings (SSSR count). The van der Waals surface area contributed by atoms with Gasteiger partial charge in [0.15, 0.2) is 0 Å². The Hall–Kier alpha value is -1.86. The molecule has 0 aliphatic rings. The number of amides is 1. The number of rotatable bonds is 3. The molecule has 0 saturated carbocycles. The van der Waals surface area contributed by atoms with Gasteiger partial charge in [0, 0.05) is 12.6 Å². The molecule has 0 aliphatic carbocycles. The molecule has 8 heteroatoms. The first-order valence-electron chi connectivity index (χ1n) is 5.26. The minimum Gasteiger partial charge on any atom is -0.396 e. The van der Waals surface area contributed by atoms with Crippen LogP contribution in [0.4, 0.5) is 27.6 Å². The topological polar surface area (TPSA) is 46.3 Å². The molecule has 2 N–H and O–H groups in total. The van der Waals surface area contributed by atoms with Gasteiger partial charge in [0.1, 0.15) is 18.2 Å². The van der Waals surface area contributed by atoms with Crippen molar-refractivity contribution in [1.29, 1.82) is 0 Å². The van der Waals surface area contributed by atoms with Gasteiger partial charge in [-0.2, -0.15) is 13.2 Å². The fraction of sp³-hybridized carbons (Fsp3) is 0.364. The zero-order valence-corrected chi connectivity index (χ0v) is 9.89. The van der Waals surface area contributed by atoms with Crippen LogP contribution in [0.25, 0.3) is 0 Å². The van der Waals surface area contributed by atoms with Crippen LogP contribution in [0.3, 0.4) is 0 Å². The predicted molar refractivity (Wildman–Crippen MR) is 58.4 cm³/mol. The minimum absolute atomic E-state index is 0.269. The number of halogens is 5. The number of hydrogen-bond donors (Lipinski definition) is 1. The van der Waals surface area contributed by atoms with Crippen molar-refractivity contribution in [2.75, 3.05) is 18.8 Å². The maximum atomic E-state index is 13.4. The van der Waals surface area contributed by atoms with Crippen LogP contribution in [0.15, 0.2) is 12.1 Å². The number of nitrogen functional groups attached to an aromatic ring is 1. The van der Waals surface area contributed by atoms with Crippen molar-refractivity contribution < 1.29 is 26.7 Å². The molecule has 0 radical (unpaired) electrons. The van der Waals surface area contributed by atoms with Crippen LogP contribution >= 0.6 is 0 Å². The predicted octanol–water partition coefficient (Wildman–Crippen LogP) is 2.57. The molecule has 0 saturated heterocycles. The summed E-state index contributed by atoms with van der Waals surface area (Å²) in [4.78, 5) is 12.1. The van der Waals surface area contributed by atoms with Crippen LogP contribution in [-0.2, 0) is 0 Å². The van der Waals surface area contributed by atoms with E-state index >= 15 is 0 Å². The molecule has 0 fully saturated rings. The molecule has 1 aromatic carbocycles. The Morgan fingerprint density at radius 3 is 2.32 bits per heavy atom. The molecule has 0 unspecified atom stereocenters. The first kappa shape index (κ1) is 15.2. The van der Waals surface area contributed by atoms with Crippen LogP contribution in [0.1, 0.15) is 17.3 Å². The van der Waals surface area contributed by atoms with E-state index in [0.717, 1.165) is 0 Å². The summed E-state index contributed by atoms with van der Waals surface area (Å²) in [5, 5.41) is 0. The van der Waals surface area contributed by atoms with Gasteiger partial charge < -0.3 is 10.6 Å². The van der Waals surface area contributed by atoms with E-state index in [2.05, 4.69) is 0 Å². The maximum Gasteiger partial charge on any atom is 0.406 e. The Morgan fingerprint density at radius 1 is 1.26 bits per heavy atom. The lowest BCUT2D eigenvalue weighted by Crippen LogP contribution is -2.39. The van der Waals surface area contributed by atoms with E-state index < -0.39 is 41.5 Å². The highest BCUT2D eigenvalue weighted by atomic mass is 19.4. The summed E-state index contributed by atoms with van der Waals surface area (Å²) in [6.45, 7) is -0.470. The summed E-state index contributed by atoms with van der Waals surface area (Å²) in [6.07, 6.45) is -4.60. The van der Waals surface area contributed by atoms with Crippen molar-refractivity contribution in [3.8, 4) is 0 Å². The summed E-state index contributed by atoms with van der Waals surface area (Å²) < 4.78 is 63.0. The molecule has 0 atom stereocenters. The summed E-state index contributed by atoms with van der Waals surface area (Å²) in [5.41, 5.74) is 3.97. The second-order valence-electron chi connectivity index (χ2n) is 3.79. The third-order valence-corrected chi connectivity index (χ3v) is 2.36. The van der Waals surface area contributed by atoms with Gasteiger partial charge in [-0.25, -0.2) is 8.78 Å². The number of carbonyl (C=O) groups is 1. The fourth-order valence-corrected chi connectivity index (χ4v) is 1.44. The number of benzene rings is 1. The fourth-order valence-electron chi connectivity index (χ4n) is 1.44. The van der Waals surface area contributed by atoms with Crippen molar-refractivity contribution in [2.45, 2.75) is 13.1 Å². The normalized spacial score (nSPS) is 11.5. The Bertz CT molecular complexity index is 487. The van der Waals surface area contributed by atoms with Crippen molar-refractivity contribution in [3.63, 3.8) is 0 Å². The van der Waals surface area contributed by atoms with Gasteiger partial charge in [-0.1, -0.05) is 0 Å². The van der Waals surface area contributed by atoms with E-state index in [4.69, 9.17) is 5.73 Å². The summed E-state index contributed by atoms with van der Waals surface area (Å²) in [6, 6.07) is 1.05. The molecule has 3 nitrogen and oxygen atoms in total. The third-order valence-electron chi connectivity index (χ3n) is 2.36. The number of carbonyl (C=O) groups excluding carboxylic acids is 1. The Balaban J connectivity index is 3.08. The van der Waals surface area contributed by atoms with Crippen molar-refractivity contribution in [3.05, 3.63) is 29.3 Å². The SMILES string of the molecule is CCN(CC(F)(F)F)C(=O)c1cc(N)c(F)cc1F. The summed E-state index contributed by atoms with van der Waals surface area (Å²) in [5.74, 6) is -3.52. The van der Waals surface area contributed by atoms with E-state index in [1.54, 1.807) is 0 Å². The second-order valence-corrected chi connectivity index (χ2v) is 3.79. The smallest absolute Gasteiger partial charge is 0.396 e. The van der Waals surface area contributed by atoms with Gasteiger partial charge >= 0.3 is 6.18 Å². The van der Waals surface area contributed by atoms with E-state index in [0.29, 0.717) is 17.0 Å². The molecule has 106 valence electrons. The molecule has 0 bridgehead atoms. The molecular formula is C11H11F5N2O. The van der Waals surface area contributed by atoms with Crippen molar-refractivity contribution in [2.24, 2.45) is 0 Å². The average molecular weight is 282 g/mol. The lowest BCUT2D eigenvalue weighted by Gasteiger charge is -2.22. The molecule has 0 aromatic heterocycles. The average Bonchev–Trinajstić information content (AvgIpc) is 2.28. The van der Waals surface area contributed by atoms with Crippen LogP contribution in [-0.4, -0.2) is 30.1 Å². The Labute approximate surface area is 105 Å². The Kier molecular flexibility index (Phi) is 4.33. The number of nitrogens with zero attached hydrogens (tertiary/aromatic N) is 1. The van der Waals surface area contributed by atoms with E-state index in [-0.39, 0.29) is 6.54 Å². The number of alkyl halides is 3. The van der Waals surface area contributed by atoms with Crippen LogP contribution in [0, 0.1) is 11.6 Å². The minimum atomic E-state index is -4.60. The molecule has 1 aromatic rings. The van der Waals surface area contributed by atoms with Gasteiger partial charge in [0.2, 0.25) is 0 Å². The molecule has 0 aliphatic heterocycles. The second kappa shape index (κ2) is 5.41. The van der Waals surface area contributed by atoms with Crippen LogP contribution in [0.5, 0.6) is 0 Å². The quantitative estimate of drug-likeness (QED) is 0.684.